The van der Waals surface area contributed by atoms with Gasteiger partial charge in [0.25, 0.3) is 0 Å². The van der Waals surface area contributed by atoms with Crippen molar-refractivity contribution >= 4 is 17.5 Å². The first-order valence-electron chi connectivity index (χ1n) is 11.7. The summed E-state index contributed by atoms with van der Waals surface area (Å²) in [5.74, 6) is 1.70. The van der Waals surface area contributed by atoms with Crippen LogP contribution in [0.25, 0.3) is 0 Å². The first kappa shape index (κ1) is 20.8. The van der Waals surface area contributed by atoms with Gasteiger partial charge < -0.3 is 4.74 Å². The normalized spacial score (nSPS) is 43.7. The van der Waals surface area contributed by atoms with E-state index in [1.165, 1.54) is 5.57 Å². The van der Waals surface area contributed by atoms with Crippen molar-refractivity contribution < 1.29 is 19.1 Å². The number of ether oxygens (including phenoxy) is 1. The van der Waals surface area contributed by atoms with Crippen molar-refractivity contribution in [2.75, 3.05) is 0 Å². The predicted molar refractivity (Wildman–Crippen MR) is 111 cm³/mol. The van der Waals surface area contributed by atoms with E-state index in [1.54, 1.807) is 0 Å². The Morgan fingerprint density at radius 2 is 1.83 bits per heavy atom. The average molecular weight is 401 g/mol. The monoisotopic (exact) mass is 400 g/mol. The van der Waals surface area contributed by atoms with Crippen LogP contribution in [0.1, 0.15) is 85.5 Å². The molecule has 4 heteroatoms. The molecule has 4 rings (SSSR count). The number of fused-ring (bicyclic) bond motifs is 5. The third-order valence-corrected chi connectivity index (χ3v) is 9.32. The van der Waals surface area contributed by atoms with E-state index in [9.17, 15) is 14.4 Å². The van der Waals surface area contributed by atoms with Crippen LogP contribution in [0, 0.1) is 34.5 Å². The number of hydrogen-bond acceptors (Lipinski definition) is 4. The molecule has 0 aliphatic heterocycles. The van der Waals surface area contributed by atoms with Gasteiger partial charge in [-0.1, -0.05) is 33.3 Å². The summed E-state index contributed by atoms with van der Waals surface area (Å²) in [6.07, 6.45) is 9.45. The van der Waals surface area contributed by atoms with E-state index < -0.39 is 0 Å². The average Bonchev–Trinajstić information content (AvgIpc) is 3.03. The Morgan fingerprint density at radius 1 is 1.07 bits per heavy atom. The molecule has 0 spiro atoms. The molecular weight excluding hydrogens is 364 g/mol. The minimum atomic E-state index is -0.177. The number of rotatable bonds is 4. The van der Waals surface area contributed by atoms with Gasteiger partial charge in [0.1, 0.15) is 11.9 Å². The zero-order valence-electron chi connectivity index (χ0n) is 18.5. The van der Waals surface area contributed by atoms with Crippen molar-refractivity contribution in [1.29, 1.82) is 0 Å². The molecule has 0 saturated heterocycles. The fourth-order valence-electron chi connectivity index (χ4n) is 7.72. The van der Waals surface area contributed by atoms with Gasteiger partial charge in [-0.25, -0.2) is 0 Å². The highest BCUT2D eigenvalue weighted by Crippen LogP contribution is 2.66. The van der Waals surface area contributed by atoms with Crippen LogP contribution in [0.15, 0.2) is 11.6 Å². The first-order valence-corrected chi connectivity index (χ1v) is 11.7. The lowest BCUT2D eigenvalue weighted by molar-refractivity contribution is -0.161. The van der Waals surface area contributed by atoms with Crippen molar-refractivity contribution in [3.05, 3.63) is 11.6 Å². The van der Waals surface area contributed by atoms with E-state index in [1.807, 2.05) is 19.9 Å². The second-order valence-corrected chi connectivity index (χ2v) is 10.4. The summed E-state index contributed by atoms with van der Waals surface area (Å²) in [5.41, 5.74) is 1.11. The summed E-state index contributed by atoms with van der Waals surface area (Å²) in [5, 5.41) is 0. The van der Waals surface area contributed by atoms with Crippen LogP contribution in [0.4, 0.5) is 0 Å². The number of carbonyl (C=O) groups is 3. The van der Waals surface area contributed by atoms with E-state index in [2.05, 4.69) is 13.8 Å². The summed E-state index contributed by atoms with van der Waals surface area (Å²) in [7, 11) is 0. The molecule has 3 saturated carbocycles. The molecule has 1 unspecified atom stereocenters. The number of esters is 1. The minimum Gasteiger partial charge on any atom is -0.462 e. The second kappa shape index (κ2) is 7.35. The summed E-state index contributed by atoms with van der Waals surface area (Å²) in [6, 6.07) is 0. The number of hydrogen-bond donors (Lipinski definition) is 0. The minimum absolute atomic E-state index is 0.0339. The number of allylic oxidation sites excluding steroid dienone is 1. The quantitative estimate of drug-likeness (QED) is 0.620. The maximum atomic E-state index is 12.9. The van der Waals surface area contributed by atoms with Gasteiger partial charge in [0.05, 0.1) is 0 Å². The summed E-state index contributed by atoms with van der Waals surface area (Å²) in [6.45, 7) is 8.41. The zero-order chi connectivity index (χ0) is 21.0. The van der Waals surface area contributed by atoms with Gasteiger partial charge in [-0.2, -0.15) is 0 Å². The zero-order valence-corrected chi connectivity index (χ0v) is 18.5. The van der Waals surface area contributed by atoms with Crippen molar-refractivity contribution in [2.24, 2.45) is 34.5 Å². The molecule has 0 N–H and O–H groups in total. The number of carbonyl (C=O) groups excluding carboxylic acids is 3. The van der Waals surface area contributed by atoms with Crippen LogP contribution in [0.2, 0.25) is 0 Å². The Kier molecular flexibility index (Phi) is 5.28. The molecule has 7 atom stereocenters. The van der Waals surface area contributed by atoms with E-state index in [0.29, 0.717) is 37.0 Å². The Balaban J connectivity index is 1.66. The van der Waals surface area contributed by atoms with Crippen molar-refractivity contribution in [2.45, 2.75) is 91.6 Å². The largest absolute Gasteiger partial charge is 0.462 e. The van der Waals surface area contributed by atoms with Gasteiger partial charge in [0.2, 0.25) is 0 Å². The van der Waals surface area contributed by atoms with Gasteiger partial charge >= 0.3 is 5.97 Å². The molecular formula is C25H36O4. The van der Waals surface area contributed by atoms with Crippen LogP contribution in [0.5, 0.6) is 0 Å². The molecule has 0 aromatic carbocycles. The smallest absolute Gasteiger partial charge is 0.305 e. The Hall–Kier alpha value is -1.45. The van der Waals surface area contributed by atoms with E-state index >= 15 is 0 Å². The fourth-order valence-corrected chi connectivity index (χ4v) is 7.72. The molecule has 0 bridgehead atoms. The Morgan fingerprint density at radius 3 is 2.52 bits per heavy atom. The summed E-state index contributed by atoms with van der Waals surface area (Å²) >= 11 is 0. The Bertz CT molecular complexity index is 752. The van der Waals surface area contributed by atoms with E-state index in [4.69, 9.17) is 4.74 Å². The highest BCUT2D eigenvalue weighted by molar-refractivity contribution is 5.97. The highest BCUT2D eigenvalue weighted by Gasteiger charge is 2.62. The van der Waals surface area contributed by atoms with Crippen molar-refractivity contribution in [1.82, 2.24) is 0 Å². The molecule has 4 aliphatic rings. The van der Waals surface area contributed by atoms with Crippen molar-refractivity contribution in [3.8, 4) is 0 Å². The van der Waals surface area contributed by atoms with Crippen LogP contribution >= 0.6 is 0 Å². The van der Waals surface area contributed by atoms with Gasteiger partial charge in [-0.3, -0.25) is 14.4 Å². The van der Waals surface area contributed by atoms with Crippen molar-refractivity contribution in [3.63, 3.8) is 0 Å². The van der Waals surface area contributed by atoms with E-state index in [0.717, 1.165) is 38.5 Å². The molecule has 0 radical (unpaired) electrons. The highest BCUT2D eigenvalue weighted by atomic mass is 16.5. The predicted octanol–water partition coefficient (Wildman–Crippen LogP) is 5.05. The van der Waals surface area contributed by atoms with Gasteiger partial charge in [0.15, 0.2) is 5.78 Å². The first-order chi connectivity index (χ1) is 13.8. The van der Waals surface area contributed by atoms with Crippen LogP contribution in [0.3, 0.4) is 0 Å². The molecule has 4 aliphatic carbocycles. The van der Waals surface area contributed by atoms with Crippen LogP contribution < -0.4 is 0 Å². The molecule has 0 aromatic rings. The molecule has 29 heavy (non-hydrogen) atoms. The fraction of sp³-hybridized carbons (Fsp3) is 0.800. The maximum absolute atomic E-state index is 12.9. The lowest BCUT2D eigenvalue weighted by atomic mass is 9.44. The van der Waals surface area contributed by atoms with E-state index in [-0.39, 0.29) is 40.4 Å². The summed E-state index contributed by atoms with van der Waals surface area (Å²) in [4.78, 5) is 37.3. The topological polar surface area (TPSA) is 60.4 Å². The molecule has 3 fully saturated rings. The third-order valence-electron chi connectivity index (χ3n) is 9.32. The molecule has 0 amide bonds. The lowest BCUT2D eigenvalue weighted by Crippen LogP contribution is -2.55. The van der Waals surface area contributed by atoms with Gasteiger partial charge in [-0.15, -0.1) is 0 Å². The standard InChI is InChI=1S/C25H36O4/c1-5-21(27)20-14-16(26)13-15-7-8-17-18-9-10-22(29-23(28)6-2)24(18,3)12-11-19(17)25(15,20)4/h13,17-20,22H,5-12,14H2,1-4H3/t17-,18-,19-,20?,22+,24-,25-/m0/s1. The number of Topliss-reactive ketones (excluding diaryl/α,β-unsaturated/α-hetero) is 1. The lowest BCUT2D eigenvalue weighted by Gasteiger charge is -2.59. The number of ketones is 2. The van der Waals surface area contributed by atoms with Crippen LogP contribution in [-0.2, 0) is 19.1 Å². The van der Waals surface area contributed by atoms with Crippen LogP contribution in [-0.4, -0.2) is 23.6 Å². The molecule has 0 heterocycles. The molecule has 4 nitrogen and oxygen atoms in total. The molecule has 160 valence electrons. The second-order valence-electron chi connectivity index (χ2n) is 10.4. The SMILES string of the molecule is CCC(=O)O[C@@H]1CC[C@H]2[C@@H]3CCC4=CC(=O)CC(C(=O)CC)[C@]4(C)[C@H]3CC[C@]12C. The Labute approximate surface area is 174 Å². The third kappa shape index (κ3) is 3.04. The summed E-state index contributed by atoms with van der Waals surface area (Å²) < 4.78 is 5.89. The maximum Gasteiger partial charge on any atom is 0.305 e. The van der Waals surface area contributed by atoms with Gasteiger partial charge in [-0.05, 0) is 62.4 Å². The molecule has 0 aromatic heterocycles. The van der Waals surface area contributed by atoms with Gasteiger partial charge in [0, 0.05) is 36.0 Å².